The van der Waals surface area contributed by atoms with Gasteiger partial charge in [0.25, 0.3) is 0 Å². The van der Waals surface area contributed by atoms with Crippen molar-refractivity contribution in [3.63, 3.8) is 0 Å². The Hall–Kier alpha value is -1.14. The molecule has 1 rings (SSSR count). The first-order valence-corrected chi connectivity index (χ1v) is 4.83. The van der Waals surface area contributed by atoms with E-state index >= 15 is 0 Å². The predicted molar refractivity (Wildman–Crippen MR) is 42.4 cm³/mol. The molecule has 0 saturated heterocycles. The van der Waals surface area contributed by atoms with Crippen LogP contribution in [0.1, 0.15) is 0 Å². The second-order valence-corrected chi connectivity index (χ2v) is 3.44. The molecule has 68 valence electrons. The van der Waals surface area contributed by atoms with Gasteiger partial charge in [0, 0.05) is 18.4 Å². The van der Waals surface area contributed by atoms with Crippen LogP contribution in [0.3, 0.4) is 0 Å². The molecule has 0 amide bonds. The van der Waals surface area contributed by atoms with Crippen LogP contribution in [0.4, 0.5) is 0 Å². The van der Waals surface area contributed by atoms with E-state index in [0.717, 1.165) is 0 Å². The van der Waals surface area contributed by atoms with Crippen molar-refractivity contribution in [2.75, 3.05) is 12.1 Å². The van der Waals surface area contributed by atoms with E-state index in [-0.39, 0.29) is 0 Å². The van der Waals surface area contributed by atoms with Gasteiger partial charge in [-0.15, -0.1) is 0 Å². The minimum absolute atomic E-state index is 0.604. The minimum Gasteiger partial charge on any atom is -0.748 e. The van der Waals surface area contributed by atoms with Crippen molar-refractivity contribution in [1.29, 1.82) is 0 Å². The lowest BCUT2D eigenvalue weighted by atomic mass is 10.5. The summed E-state index contributed by atoms with van der Waals surface area (Å²) >= 11 is 0. The van der Waals surface area contributed by atoms with Crippen molar-refractivity contribution in [3.05, 3.63) is 30.6 Å². The van der Waals surface area contributed by atoms with Crippen LogP contribution in [-0.2, 0) is 10.1 Å². The molecule has 0 fully saturated rings. The molecule has 0 unspecified atom stereocenters. The number of rotatable bonds is 0. The summed E-state index contributed by atoms with van der Waals surface area (Å²) in [7, 11) is -3.92. The summed E-state index contributed by atoms with van der Waals surface area (Å²) in [5.41, 5.74) is 0. The minimum atomic E-state index is -3.92. The molecule has 0 aliphatic carbocycles. The highest BCUT2D eigenvalue weighted by Crippen LogP contribution is 1.70. The fourth-order valence-corrected chi connectivity index (χ4v) is 0.412. The van der Waals surface area contributed by atoms with Gasteiger partial charge in [0.1, 0.15) is 0 Å². The van der Waals surface area contributed by atoms with Gasteiger partial charge in [-0.25, -0.2) is 14.3 Å². The Morgan fingerprint density at radius 2 is 1.58 bits per heavy atom. The van der Waals surface area contributed by atoms with Crippen molar-refractivity contribution in [3.8, 4) is 0 Å². The number of nitrogens with two attached hydrogens (primary N) is 1. The Labute approximate surface area is 71.2 Å². The zero-order valence-electron chi connectivity index (χ0n) is 6.54. The third-order valence-corrected chi connectivity index (χ3v) is 0.739. The molecule has 0 aliphatic rings. The van der Waals surface area contributed by atoms with E-state index in [9.17, 15) is 0 Å². The zero-order chi connectivity index (χ0) is 9.61. The Bertz CT molecular complexity index is 301. The second-order valence-electron chi connectivity index (χ2n) is 2.03. The smallest absolute Gasteiger partial charge is 0.199 e. The van der Waals surface area contributed by atoms with Crippen LogP contribution >= 0.6 is 0 Å². The van der Waals surface area contributed by atoms with E-state index in [0.29, 0.717) is 6.26 Å². The Morgan fingerprint density at radius 1 is 1.25 bits per heavy atom. The topological polar surface area (TPSA) is 87.1 Å². The summed E-state index contributed by atoms with van der Waals surface area (Å²) in [4.78, 5) is 0. The summed E-state index contributed by atoms with van der Waals surface area (Å²) in [5.74, 6) is 5.27. The third kappa shape index (κ3) is 11.6. The largest absolute Gasteiger partial charge is 0.748 e. The Balaban J connectivity index is 0.000000217. The van der Waals surface area contributed by atoms with Crippen LogP contribution < -0.4 is 10.5 Å². The first kappa shape index (κ1) is 10.9. The maximum Gasteiger partial charge on any atom is 0.199 e. The van der Waals surface area contributed by atoms with Gasteiger partial charge in [-0.3, -0.25) is 0 Å². The van der Waals surface area contributed by atoms with Crippen LogP contribution in [0.2, 0.25) is 0 Å². The fourth-order valence-electron chi connectivity index (χ4n) is 0.412. The van der Waals surface area contributed by atoms with Crippen LogP contribution in [-0.4, -0.2) is 19.2 Å². The number of pyridine rings is 1. The molecule has 0 radical (unpaired) electrons. The first-order valence-electron chi connectivity index (χ1n) is 3.02. The normalized spacial score (nSPS) is 9.83. The highest BCUT2D eigenvalue weighted by atomic mass is 32.2. The second kappa shape index (κ2) is 4.68. The van der Waals surface area contributed by atoms with Crippen molar-refractivity contribution in [2.24, 2.45) is 0 Å². The monoisotopic (exact) mass is 190 g/mol. The molecule has 0 aromatic carbocycles. The van der Waals surface area contributed by atoms with E-state index in [2.05, 4.69) is 0 Å². The summed E-state index contributed by atoms with van der Waals surface area (Å²) in [6.07, 6.45) is 4.16. The molecule has 6 heteroatoms. The van der Waals surface area contributed by atoms with Crippen LogP contribution in [0, 0.1) is 0 Å². The molecule has 1 aromatic heterocycles. The SMILES string of the molecule is CS(=O)(=O)[O-].N[n+]1ccccc1. The van der Waals surface area contributed by atoms with Crippen molar-refractivity contribution >= 4 is 10.1 Å². The summed E-state index contributed by atoms with van der Waals surface area (Å²) in [5, 5.41) is 0. The van der Waals surface area contributed by atoms with E-state index in [1.54, 1.807) is 12.4 Å². The number of nitrogens with zero attached hydrogens (tertiary/aromatic N) is 1. The van der Waals surface area contributed by atoms with Gasteiger partial charge in [0.15, 0.2) is 12.4 Å². The summed E-state index contributed by atoms with van der Waals surface area (Å²) in [6.45, 7) is 0. The standard InChI is InChI=1S/C5H7N2.CH4O3S/c6-7-4-2-1-3-5-7;1-5(2,3)4/h1-5H,6H2;1H3,(H,2,3,4)/q+1;/p-1. The molecule has 0 bridgehead atoms. The highest BCUT2D eigenvalue weighted by molar-refractivity contribution is 7.84. The van der Waals surface area contributed by atoms with Crippen molar-refractivity contribution in [2.45, 2.75) is 0 Å². The van der Waals surface area contributed by atoms with Gasteiger partial charge in [-0.05, 0) is 0 Å². The lowest BCUT2D eigenvalue weighted by Crippen LogP contribution is -2.42. The van der Waals surface area contributed by atoms with E-state index in [1.165, 1.54) is 4.68 Å². The molecule has 0 aliphatic heterocycles. The molecule has 5 nitrogen and oxygen atoms in total. The summed E-state index contributed by atoms with van der Waals surface area (Å²) < 4.78 is 28.7. The fraction of sp³-hybridized carbons (Fsp3) is 0.167. The lowest BCUT2D eigenvalue weighted by Gasteiger charge is -1.90. The number of aromatic nitrogens is 1. The lowest BCUT2D eigenvalue weighted by molar-refractivity contribution is -0.638. The maximum atomic E-state index is 9.08. The number of hydrogen-bond acceptors (Lipinski definition) is 4. The molecule has 0 saturated carbocycles. The van der Waals surface area contributed by atoms with Gasteiger partial charge >= 0.3 is 0 Å². The van der Waals surface area contributed by atoms with Crippen LogP contribution in [0.15, 0.2) is 30.6 Å². The maximum absolute atomic E-state index is 9.08. The van der Waals surface area contributed by atoms with Gasteiger partial charge in [0.05, 0.1) is 10.1 Å². The van der Waals surface area contributed by atoms with Gasteiger partial charge in [0.2, 0.25) is 0 Å². The zero-order valence-corrected chi connectivity index (χ0v) is 7.36. The van der Waals surface area contributed by atoms with Crippen molar-refractivity contribution < 1.29 is 17.6 Å². The molecule has 1 aromatic rings. The first-order chi connectivity index (χ1) is 5.39. The number of nitrogen functional groups attached to an aromatic ring is 1. The van der Waals surface area contributed by atoms with Crippen molar-refractivity contribution in [1.82, 2.24) is 0 Å². The predicted octanol–water partition coefficient (Wildman–Crippen LogP) is -1.15. The average Bonchev–Trinajstić information content (AvgIpc) is 1.85. The third-order valence-electron chi connectivity index (χ3n) is 0.739. The number of hydrogen-bond donors (Lipinski definition) is 1. The molecule has 1 heterocycles. The van der Waals surface area contributed by atoms with Gasteiger partial charge in [-0.1, -0.05) is 10.7 Å². The highest BCUT2D eigenvalue weighted by Gasteiger charge is 1.79. The Kier molecular flexibility index (Phi) is 4.24. The molecule has 0 spiro atoms. The average molecular weight is 190 g/mol. The van der Waals surface area contributed by atoms with E-state index < -0.39 is 10.1 Å². The molecular formula is C6H10N2O3S. The molecular weight excluding hydrogens is 180 g/mol. The molecule has 2 N–H and O–H groups in total. The van der Waals surface area contributed by atoms with E-state index in [4.69, 9.17) is 18.8 Å². The van der Waals surface area contributed by atoms with Crippen LogP contribution in [0.25, 0.3) is 0 Å². The van der Waals surface area contributed by atoms with Crippen LogP contribution in [0.5, 0.6) is 0 Å². The molecule has 0 atom stereocenters. The molecule has 12 heavy (non-hydrogen) atoms. The van der Waals surface area contributed by atoms with E-state index in [1.807, 2.05) is 18.2 Å². The summed E-state index contributed by atoms with van der Waals surface area (Å²) in [6, 6.07) is 5.67. The Morgan fingerprint density at radius 3 is 1.75 bits per heavy atom. The van der Waals surface area contributed by atoms with Gasteiger partial charge < -0.3 is 4.55 Å². The van der Waals surface area contributed by atoms with Gasteiger partial charge in [-0.2, -0.15) is 0 Å². The quantitative estimate of drug-likeness (QED) is 0.318.